The summed E-state index contributed by atoms with van der Waals surface area (Å²) in [7, 11) is 0. The highest BCUT2D eigenvalue weighted by atomic mass is 16.3. The highest BCUT2D eigenvalue weighted by Gasteiger charge is 2.09. The highest BCUT2D eigenvalue weighted by Crippen LogP contribution is 2.19. The third-order valence-electron chi connectivity index (χ3n) is 3.46. The van der Waals surface area contributed by atoms with Crippen LogP contribution in [0, 0.1) is 0 Å². The number of urea groups is 1. The van der Waals surface area contributed by atoms with Crippen molar-refractivity contribution in [3.05, 3.63) is 72.6 Å². The van der Waals surface area contributed by atoms with Crippen molar-refractivity contribution >= 4 is 11.7 Å². The van der Waals surface area contributed by atoms with Gasteiger partial charge in [0, 0.05) is 17.8 Å². The summed E-state index contributed by atoms with van der Waals surface area (Å²) < 4.78 is 5.21. The number of aliphatic hydroxyl groups excluding tert-OH is 1. The molecule has 122 valence electrons. The van der Waals surface area contributed by atoms with Crippen molar-refractivity contribution < 1.29 is 14.3 Å². The van der Waals surface area contributed by atoms with E-state index in [9.17, 15) is 9.90 Å². The molecule has 2 aromatic carbocycles. The highest BCUT2D eigenvalue weighted by molar-refractivity contribution is 5.89. The number of nitrogens with one attached hydrogen (secondary N) is 2. The average Bonchev–Trinajstić information content (AvgIpc) is 3.16. The zero-order valence-electron chi connectivity index (χ0n) is 12.8. The van der Waals surface area contributed by atoms with Crippen molar-refractivity contribution in [2.45, 2.75) is 6.10 Å². The number of carbonyl (C=O) groups excluding carboxylic acids is 1. The van der Waals surface area contributed by atoms with Crippen LogP contribution in [-0.4, -0.2) is 22.7 Å². The molecule has 3 rings (SSSR count). The molecular formula is C18H17N3O3. The van der Waals surface area contributed by atoms with E-state index in [1.165, 1.54) is 6.26 Å². The van der Waals surface area contributed by atoms with Crippen molar-refractivity contribution in [2.24, 2.45) is 0 Å². The van der Waals surface area contributed by atoms with Gasteiger partial charge in [0.25, 0.3) is 0 Å². The number of aliphatic hydroxyl groups is 1. The molecule has 1 unspecified atom stereocenters. The lowest BCUT2D eigenvalue weighted by Crippen LogP contribution is -2.32. The van der Waals surface area contributed by atoms with E-state index in [1.807, 2.05) is 30.3 Å². The molecule has 6 nitrogen and oxygen atoms in total. The van der Waals surface area contributed by atoms with Crippen LogP contribution in [0.25, 0.3) is 11.5 Å². The monoisotopic (exact) mass is 323 g/mol. The van der Waals surface area contributed by atoms with E-state index in [1.54, 1.807) is 30.5 Å². The van der Waals surface area contributed by atoms with Crippen LogP contribution < -0.4 is 10.6 Å². The zero-order chi connectivity index (χ0) is 16.8. The first-order valence-electron chi connectivity index (χ1n) is 7.50. The van der Waals surface area contributed by atoms with Gasteiger partial charge in [-0.2, -0.15) is 0 Å². The minimum atomic E-state index is -0.746. The van der Waals surface area contributed by atoms with Crippen molar-refractivity contribution in [3.63, 3.8) is 0 Å². The third kappa shape index (κ3) is 3.99. The maximum atomic E-state index is 11.9. The van der Waals surface area contributed by atoms with Crippen molar-refractivity contribution in [1.29, 1.82) is 0 Å². The minimum Gasteiger partial charge on any atom is -0.445 e. The maximum absolute atomic E-state index is 11.9. The smallest absolute Gasteiger partial charge is 0.319 e. The van der Waals surface area contributed by atoms with Gasteiger partial charge >= 0.3 is 6.03 Å². The van der Waals surface area contributed by atoms with Crippen LogP contribution in [0.4, 0.5) is 10.5 Å². The van der Waals surface area contributed by atoms with Gasteiger partial charge in [-0.15, -0.1) is 0 Å². The molecule has 6 heteroatoms. The molecule has 0 aliphatic rings. The van der Waals surface area contributed by atoms with Crippen LogP contribution in [0.1, 0.15) is 11.7 Å². The minimum absolute atomic E-state index is 0.129. The van der Waals surface area contributed by atoms with Crippen LogP contribution in [0.5, 0.6) is 0 Å². The van der Waals surface area contributed by atoms with Crippen LogP contribution in [0.2, 0.25) is 0 Å². The van der Waals surface area contributed by atoms with Gasteiger partial charge in [0.15, 0.2) is 0 Å². The Hall–Kier alpha value is -3.12. The molecule has 0 bridgehead atoms. The van der Waals surface area contributed by atoms with Crippen LogP contribution in [0.3, 0.4) is 0 Å². The molecule has 3 N–H and O–H groups in total. The average molecular weight is 323 g/mol. The second kappa shape index (κ2) is 7.43. The van der Waals surface area contributed by atoms with E-state index in [4.69, 9.17) is 4.42 Å². The predicted octanol–water partition coefficient (Wildman–Crippen LogP) is 3.20. The van der Waals surface area contributed by atoms with Crippen LogP contribution in [-0.2, 0) is 0 Å². The summed E-state index contributed by atoms with van der Waals surface area (Å²) in [4.78, 5) is 16.0. The number of oxazole rings is 1. The van der Waals surface area contributed by atoms with Gasteiger partial charge in [-0.05, 0) is 29.8 Å². The normalized spacial score (nSPS) is 11.7. The van der Waals surface area contributed by atoms with E-state index in [0.717, 1.165) is 11.1 Å². The Kier molecular flexibility index (Phi) is 4.88. The standard InChI is InChI=1S/C18H17N3O3/c22-16(13-4-2-1-3-5-13)12-20-18(23)21-15-8-6-14(7-9-15)17-19-10-11-24-17/h1-11,16,22H,12H2,(H2,20,21,23). The topological polar surface area (TPSA) is 87.4 Å². The fourth-order valence-corrected chi connectivity index (χ4v) is 2.22. The molecule has 0 saturated carbocycles. The molecule has 1 atom stereocenters. The molecule has 3 aromatic rings. The van der Waals surface area contributed by atoms with Crippen molar-refractivity contribution in [3.8, 4) is 11.5 Å². The van der Waals surface area contributed by atoms with E-state index in [0.29, 0.717) is 11.6 Å². The summed E-state index contributed by atoms with van der Waals surface area (Å²) in [5.74, 6) is 0.525. The molecule has 24 heavy (non-hydrogen) atoms. The molecule has 0 aliphatic carbocycles. The summed E-state index contributed by atoms with van der Waals surface area (Å²) in [5, 5.41) is 15.4. The Labute approximate surface area is 139 Å². The quantitative estimate of drug-likeness (QED) is 0.673. The van der Waals surface area contributed by atoms with Crippen molar-refractivity contribution in [2.75, 3.05) is 11.9 Å². The van der Waals surface area contributed by atoms with E-state index in [2.05, 4.69) is 15.6 Å². The number of amides is 2. The Bertz CT molecular complexity index is 771. The predicted molar refractivity (Wildman–Crippen MR) is 90.4 cm³/mol. The summed E-state index contributed by atoms with van der Waals surface area (Å²) in [6, 6.07) is 15.9. The number of anilines is 1. The van der Waals surface area contributed by atoms with Gasteiger partial charge in [0.2, 0.25) is 5.89 Å². The number of benzene rings is 2. The molecule has 0 saturated heterocycles. The first-order valence-corrected chi connectivity index (χ1v) is 7.50. The first kappa shape index (κ1) is 15.8. The SMILES string of the molecule is O=C(NCC(O)c1ccccc1)Nc1ccc(-c2ncco2)cc1. The molecule has 2 amide bonds. The molecular weight excluding hydrogens is 306 g/mol. The number of nitrogens with zero attached hydrogens (tertiary/aromatic N) is 1. The van der Waals surface area contributed by atoms with Gasteiger partial charge in [-0.25, -0.2) is 9.78 Å². The number of carbonyl (C=O) groups is 1. The van der Waals surface area contributed by atoms with Gasteiger partial charge in [-0.1, -0.05) is 30.3 Å². The summed E-state index contributed by atoms with van der Waals surface area (Å²) >= 11 is 0. The van der Waals surface area contributed by atoms with Crippen LogP contribution in [0.15, 0.2) is 71.5 Å². The molecule has 1 heterocycles. The summed E-state index contributed by atoms with van der Waals surface area (Å²) in [6.45, 7) is 0.129. The Balaban J connectivity index is 1.51. The number of aromatic nitrogens is 1. The lowest BCUT2D eigenvalue weighted by atomic mass is 10.1. The fourth-order valence-electron chi connectivity index (χ4n) is 2.22. The van der Waals surface area contributed by atoms with Gasteiger partial charge in [0.1, 0.15) is 6.26 Å². The Morgan fingerprint density at radius 2 is 1.88 bits per heavy atom. The number of hydrogen-bond donors (Lipinski definition) is 3. The molecule has 1 aromatic heterocycles. The van der Waals surface area contributed by atoms with Crippen molar-refractivity contribution in [1.82, 2.24) is 10.3 Å². The first-order chi connectivity index (χ1) is 11.7. The second-order valence-electron chi connectivity index (χ2n) is 5.18. The third-order valence-corrected chi connectivity index (χ3v) is 3.46. The Morgan fingerprint density at radius 3 is 2.54 bits per heavy atom. The molecule has 0 aliphatic heterocycles. The number of rotatable bonds is 5. The van der Waals surface area contributed by atoms with E-state index >= 15 is 0 Å². The Morgan fingerprint density at radius 1 is 1.12 bits per heavy atom. The van der Waals surface area contributed by atoms with Gasteiger partial charge in [0.05, 0.1) is 12.3 Å². The number of hydrogen-bond acceptors (Lipinski definition) is 4. The molecule has 0 radical (unpaired) electrons. The maximum Gasteiger partial charge on any atom is 0.319 e. The molecule has 0 fully saturated rings. The van der Waals surface area contributed by atoms with Crippen LogP contribution >= 0.6 is 0 Å². The van der Waals surface area contributed by atoms with Gasteiger partial charge < -0.3 is 20.2 Å². The molecule has 0 spiro atoms. The zero-order valence-corrected chi connectivity index (χ0v) is 12.8. The lowest BCUT2D eigenvalue weighted by Gasteiger charge is -2.13. The fraction of sp³-hybridized carbons (Fsp3) is 0.111. The largest absolute Gasteiger partial charge is 0.445 e. The van der Waals surface area contributed by atoms with Gasteiger partial charge in [-0.3, -0.25) is 0 Å². The summed E-state index contributed by atoms with van der Waals surface area (Å²) in [5.41, 5.74) is 2.22. The lowest BCUT2D eigenvalue weighted by molar-refractivity contribution is 0.175. The van der Waals surface area contributed by atoms with E-state index in [-0.39, 0.29) is 12.6 Å². The second-order valence-corrected chi connectivity index (χ2v) is 5.18. The summed E-state index contributed by atoms with van der Waals surface area (Å²) in [6.07, 6.45) is 2.34. The van der Waals surface area contributed by atoms with E-state index < -0.39 is 6.10 Å².